The van der Waals surface area contributed by atoms with E-state index < -0.39 is 17.1 Å². The lowest BCUT2D eigenvalue weighted by atomic mass is 10.0. The molecule has 9 nitrogen and oxygen atoms in total. The Morgan fingerprint density at radius 1 is 1.26 bits per heavy atom. The molecule has 0 radical (unpaired) electrons. The lowest BCUT2D eigenvalue weighted by Crippen LogP contribution is -2.31. The van der Waals surface area contributed by atoms with E-state index in [1.165, 1.54) is 0 Å². The summed E-state index contributed by atoms with van der Waals surface area (Å²) < 4.78 is 32.0. The van der Waals surface area contributed by atoms with E-state index in [4.69, 9.17) is 9.47 Å². The van der Waals surface area contributed by atoms with Crippen LogP contribution in [0.25, 0.3) is 0 Å². The van der Waals surface area contributed by atoms with Gasteiger partial charge in [-0.25, -0.2) is 4.21 Å². The molecule has 0 aromatic heterocycles. The van der Waals surface area contributed by atoms with Crippen LogP contribution in [-0.2, 0) is 22.4 Å². The Hall–Kier alpha value is -2.95. The summed E-state index contributed by atoms with van der Waals surface area (Å²) >= 11 is -2.01. The molecule has 2 aromatic rings. The first-order chi connectivity index (χ1) is 16.2. The molecule has 0 fully saturated rings. The number of fused-ring (bicyclic) bond motifs is 1. The first-order valence-corrected chi connectivity index (χ1v) is 12.3. The molecule has 1 heterocycles. The number of carbonyl (C=O) groups excluding carboxylic acids is 2. The number of hydrogen-bond donors (Lipinski definition) is 2. The molecule has 1 aliphatic heterocycles. The number of nitrogens with zero attached hydrogens (tertiary/aromatic N) is 2. The van der Waals surface area contributed by atoms with Gasteiger partial charge in [0.15, 0.2) is 22.6 Å². The van der Waals surface area contributed by atoms with Crippen molar-refractivity contribution in [3.8, 4) is 11.5 Å². The molecule has 0 saturated carbocycles. The van der Waals surface area contributed by atoms with Gasteiger partial charge in [0.25, 0.3) is 5.91 Å². The molecule has 2 unspecified atom stereocenters. The van der Waals surface area contributed by atoms with Gasteiger partial charge in [0.05, 0.1) is 43.3 Å². The first-order valence-electron chi connectivity index (χ1n) is 11.0. The van der Waals surface area contributed by atoms with E-state index in [-0.39, 0.29) is 30.5 Å². The summed E-state index contributed by atoms with van der Waals surface area (Å²) in [5, 5.41) is 2.84. The smallest absolute Gasteiger partial charge is 0.257 e. The van der Waals surface area contributed by atoms with Gasteiger partial charge in [-0.3, -0.25) is 9.59 Å². The summed E-state index contributed by atoms with van der Waals surface area (Å²) in [7, 11) is 5.14. The summed E-state index contributed by atoms with van der Waals surface area (Å²) in [6.45, 7) is 2.82. The number of carbonyl (C=O) groups is 2. The highest BCUT2D eigenvalue weighted by Gasteiger charge is 2.36. The van der Waals surface area contributed by atoms with Crippen molar-refractivity contribution in [3.05, 3.63) is 53.1 Å². The number of hydrogen-bond acceptors (Lipinski definition) is 6. The Bertz CT molecular complexity index is 1070. The van der Waals surface area contributed by atoms with Gasteiger partial charge in [-0.05, 0) is 56.8 Å². The van der Waals surface area contributed by atoms with Crippen molar-refractivity contribution < 1.29 is 27.8 Å². The van der Waals surface area contributed by atoms with Crippen LogP contribution < -0.4 is 14.8 Å². The minimum absolute atomic E-state index is 0.00716. The summed E-state index contributed by atoms with van der Waals surface area (Å²) in [5.41, 5.74) is 2.48. The maximum atomic E-state index is 13.6. The number of rotatable bonds is 11. The van der Waals surface area contributed by atoms with Gasteiger partial charge < -0.3 is 29.1 Å². The molecule has 0 bridgehead atoms. The third kappa shape index (κ3) is 5.94. The molecule has 1 aliphatic rings. The Morgan fingerprint density at radius 3 is 2.68 bits per heavy atom. The molecule has 2 atom stereocenters. The largest absolute Gasteiger partial charge is 0.493 e. The van der Waals surface area contributed by atoms with E-state index in [1.54, 1.807) is 49.2 Å². The fourth-order valence-electron chi connectivity index (χ4n) is 4.10. The van der Waals surface area contributed by atoms with Gasteiger partial charge in [0.2, 0.25) is 5.91 Å². The number of benzene rings is 2. The van der Waals surface area contributed by atoms with E-state index >= 15 is 0 Å². The minimum atomic E-state index is -2.01. The monoisotopic (exact) mass is 489 g/mol. The van der Waals surface area contributed by atoms with E-state index in [2.05, 4.69) is 5.32 Å². The molecule has 10 heteroatoms. The van der Waals surface area contributed by atoms with Crippen LogP contribution in [0.3, 0.4) is 0 Å². The Kier molecular flexibility index (Phi) is 8.65. The van der Waals surface area contributed by atoms with Crippen molar-refractivity contribution in [2.75, 3.05) is 45.4 Å². The summed E-state index contributed by atoms with van der Waals surface area (Å²) in [6.07, 6.45) is 0.281. The molecule has 0 aliphatic carbocycles. The summed E-state index contributed by atoms with van der Waals surface area (Å²) in [6, 6.07) is 10.3. The fourth-order valence-corrected chi connectivity index (χ4v) is 4.52. The van der Waals surface area contributed by atoms with Gasteiger partial charge in [-0.2, -0.15) is 0 Å². The van der Waals surface area contributed by atoms with Crippen LogP contribution >= 0.6 is 0 Å². The third-order valence-electron chi connectivity index (χ3n) is 5.51. The highest BCUT2D eigenvalue weighted by atomic mass is 32.2. The number of amides is 2. The average Bonchev–Trinajstić information content (AvgIpc) is 3.11. The molecular formula is C24H31N3O6S. The van der Waals surface area contributed by atoms with Crippen LogP contribution in [0.5, 0.6) is 11.5 Å². The maximum Gasteiger partial charge on any atom is 0.257 e. The van der Waals surface area contributed by atoms with Gasteiger partial charge in [-0.15, -0.1) is 0 Å². The number of anilines is 1. The highest BCUT2D eigenvalue weighted by Crippen LogP contribution is 2.39. The zero-order valence-electron chi connectivity index (χ0n) is 19.9. The number of methoxy groups -OCH3 is 1. The first kappa shape index (κ1) is 25.7. The molecule has 34 heavy (non-hydrogen) atoms. The second-order valence-electron chi connectivity index (χ2n) is 8.23. The van der Waals surface area contributed by atoms with Crippen LogP contribution in [0, 0.1) is 0 Å². The summed E-state index contributed by atoms with van der Waals surface area (Å²) in [5.74, 6) is 0.662. The SMILES string of the molecule is CCOc1cc(C(CCS(=O)O)N2Cc3cccc(NC(=O)CN(C)C)c3C2=O)ccc1OC. The highest BCUT2D eigenvalue weighted by molar-refractivity contribution is 7.79. The van der Waals surface area contributed by atoms with Crippen molar-refractivity contribution in [2.45, 2.75) is 25.9 Å². The molecule has 0 spiro atoms. The van der Waals surface area contributed by atoms with Crippen molar-refractivity contribution >= 4 is 28.6 Å². The fraction of sp³-hybridized carbons (Fsp3) is 0.417. The normalized spacial score (nSPS) is 14.6. The van der Waals surface area contributed by atoms with Crippen molar-refractivity contribution in [1.29, 1.82) is 0 Å². The predicted molar refractivity (Wildman–Crippen MR) is 131 cm³/mol. The minimum Gasteiger partial charge on any atom is -0.493 e. The Labute approximate surface area is 202 Å². The number of nitrogens with one attached hydrogen (secondary N) is 1. The van der Waals surface area contributed by atoms with E-state index in [9.17, 15) is 18.4 Å². The lowest BCUT2D eigenvalue weighted by molar-refractivity contribution is -0.116. The van der Waals surface area contributed by atoms with Crippen LogP contribution in [0.15, 0.2) is 36.4 Å². The van der Waals surface area contributed by atoms with Crippen molar-refractivity contribution in [3.63, 3.8) is 0 Å². The molecule has 184 valence electrons. The number of likely N-dealkylation sites (N-methyl/N-ethyl adjacent to an activating group) is 1. The molecule has 2 aromatic carbocycles. The second-order valence-corrected chi connectivity index (χ2v) is 9.28. The quantitative estimate of drug-likeness (QED) is 0.467. The topological polar surface area (TPSA) is 108 Å². The number of ether oxygens (including phenoxy) is 2. The molecular weight excluding hydrogens is 458 g/mol. The average molecular weight is 490 g/mol. The maximum absolute atomic E-state index is 13.6. The molecule has 2 N–H and O–H groups in total. The van der Waals surface area contributed by atoms with Crippen molar-refractivity contribution in [2.24, 2.45) is 0 Å². The summed E-state index contributed by atoms with van der Waals surface area (Å²) in [4.78, 5) is 29.3. The Balaban J connectivity index is 1.95. The lowest BCUT2D eigenvalue weighted by Gasteiger charge is -2.28. The van der Waals surface area contributed by atoms with Gasteiger partial charge >= 0.3 is 0 Å². The standard InChI is InChI=1S/C24H31N3O6S/c1-5-33-21-13-16(9-10-20(21)32-4)19(11-12-34(30)31)27-14-17-7-6-8-18(23(17)24(27)29)25-22(28)15-26(2)3/h6-10,13,19H,5,11-12,14-15H2,1-4H3,(H,25,28)(H,30,31). The van der Waals surface area contributed by atoms with Crippen molar-refractivity contribution in [1.82, 2.24) is 9.80 Å². The van der Waals surface area contributed by atoms with E-state index in [0.717, 1.165) is 11.1 Å². The second kappa shape index (κ2) is 11.5. The van der Waals surface area contributed by atoms with Crippen LogP contribution in [0.2, 0.25) is 0 Å². The zero-order chi connectivity index (χ0) is 24.8. The van der Waals surface area contributed by atoms with E-state index in [0.29, 0.717) is 35.9 Å². The predicted octanol–water partition coefficient (Wildman–Crippen LogP) is 2.90. The third-order valence-corrected chi connectivity index (χ3v) is 6.10. The van der Waals surface area contributed by atoms with Crippen LogP contribution in [0.4, 0.5) is 5.69 Å². The molecule has 3 rings (SSSR count). The van der Waals surface area contributed by atoms with Gasteiger partial charge in [0, 0.05) is 6.54 Å². The molecule has 0 saturated heterocycles. The zero-order valence-corrected chi connectivity index (χ0v) is 20.7. The van der Waals surface area contributed by atoms with E-state index in [1.807, 2.05) is 25.1 Å². The van der Waals surface area contributed by atoms with Gasteiger partial charge in [0.1, 0.15) is 0 Å². The van der Waals surface area contributed by atoms with Crippen LogP contribution in [0.1, 0.15) is 40.9 Å². The van der Waals surface area contributed by atoms with Crippen LogP contribution in [-0.4, -0.2) is 70.5 Å². The molecule has 2 amide bonds. The van der Waals surface area contributed by atoms with Gasteiger partial charge in [-0.1, -0.05) is 18.2 Å². The Morgan fingerprint density at radius 2 is 2.03 bits per heavy atom.